The average molecular weight is 493 g/mol. The summed E-state index contributed by atoms with van der Waals surface area (Å²) in [6.45, 7) is 12.1. The number of carbonyl (C=O) groups excluding carboxylic acids is 1. The number of hydrogen-bond acceptors (Lipinski definition) is 6. The Morgan fingerprint density at radius 3 is 2.60 bits per heavy atom. The molecule has 1 fully saturated rings. The number of aromatic nitrogens is 4. The van der Waals surface area contributed by atoms with Gasteiger partial charge in [0.2, 0.25) is 11.7 Å². The van der Waals surface area contributed by atoms with Gasteiger partial charge in [-0.2, -0.15) is 0 Å². The molecule has 1 aliphatic rings. The molecule has 0 atom stereocenters. The highest BCUT2D eigenvalue weighted by molar-refractivity contribution is 7.17. The molecule has 1 amide bonds. The minimum atomic E-state index is -0.0204. The van der Waals surface area contributed by atoms with Crippen LogP contribution in [-0.2, 0) is 17.8 Å². The number of carbonyl (C=O) groups is 1. The quantitative estimate of drug-likeness (QED) is 0.411. The lowest BCUT2D eigenvalue weighted by Gasteiger charge is -2.37. The second kappa shape index (κ2) is 9.45. The van der Waals surface area contributed by atoms with E-state index >= 15 is 0 Å². The fraction of sp³-hybridized carbons (Fsp3) is 0.462. The second-order valence-corrected chi connectivity index (χ2v) is 10.7. The van der Waals surface area contributed by atoms with Crippen LogP contribution in [0.2, 0.25) is 0 Å². The predicted molar refractivity (Wildman–Crippen MR) is 140 cm³/mol. The molecule has 35 heavy (non-hydrogen) atoms. The topological polar surface area (TPSA) is 75.7 Å². The van der Waals surface area contributed by atoms with E-state index in [4.69, 9.17) is 0 Å². The SMILES string of the molecule is Cc1cccc(N2CCN(C(=O)CCc3nnc4n(CC(C)C)c(=O)c5sccc5n34)CC2)c1C. The van der Waals surface area contributed by atoms with Crippen LogP contribution in [0.4, 0.5) is 5.69 Å². The Bertz CT molecular complexity index is 1440. The highest BCUT2D eigenvalue weighted by Crippen LogP contribution is 2.24. The standard InChI is InChI=1S/C26H32N6O2S/c1-17(2)16-31-25(34)24-21(10-15-35-24)32-22(27-28-26(31)32)8-9-23(33)30-13-11-29(12-14-30)20-7-5-6-18(3)19(20)4/h5-7,10,15,17H,8-9,11-14,16H2,1-4H3. The van der Waals surface area contributed by atoms with Crippen molar-refractivity contribution in [2.24, 2.45) is 5.92 Å². The summed E-state index contributed by atoms with van der Waals surface area (Å²) in [4.78, 5) is 30.4. The highest BCUT2D eigenvalue weighted by Gasteiger charge is 2.24. The molecule has 0 N–H and O–H groups in total. The normalized spacial score (nSPS) is 14.5. The molecule has 0 unspecified atom stereocenters. The number of rotatable bonds is 6. The Hall–Kier alpha value is -3.20. The Kier molecular flexibility index (Phi) is 6.35. The summed E-state index contributed by atoms with van der Waals surface area (Å²) < 4.78 is 4.38. The van der Waals surface area contributed by atoms with Gasteiger partial charge in [-0.1, -0.05) is 26.0 Å². The maximum atomic E-state index is 13.1. The summed E-state index contributed by atoms with van der Waals surface area (Å²) in [6.07, 6.45) is 0.862. The number of amides is 1. The van der Waals surface area contributed by atoms with Gasteiger partial charge in [0.25, 0.3) is 5.56 Å². The van der Waals surface area contributed by atoms with Crippen LogP contribution >= 0.6 is 11.3 Å². The molecule has 8 nitrogen and oxygen atoms in total. The lowest BCUT2D eigenvalue weighted by Crippen LogP contribution is -2.49. The molecule has 9 heteroatoms. The fourth-order valence-corrected chi connectivity index (χ4v) is 5.75. The van der Waals surface area contributed by atoms with Crippen molar-refractivity contribution in [1.82, 2.24) is 24.1 Å². The summed E-state index contributed by atoms with van der Waals surface area (Å²) in [5.41, 5.74) is 4.67. The number of thiophene rings is 1. The second-order valence-electron chi connectivity index (χ2n) is 9.78. The van der Waals surface area contributed by atoms with Gasteiger partial charge in [0.05, 0.1) is 5.52 Å². The maximum Gasteiger partial charge on any atom is 0.272 e. The van der Waals surface area contributed by atoms with Crippen LogP contribution in [0.5, 0.6) is 0 Å². The molecule has 3 aromatic heterocycles. The summed E-state index contributed by atoms with van der Waals surface area (Å²) in [5, 5.41) is 10.7. The Balaban J connectivity index is 1.30. The van der Waals surface area contributed by atoms with Crippen LogP contribution in [0.15, 0.2) is 34.4 Å². The minimum Gasteiger partial charge on any atom is -0.368 e. The summed E-state index contributed by atoms with van der Waals surface area (Å²) in [6, 6.07) is 8.34. The van der Waals surface area contributed by atoms with Crippen molar-refractivity contribution in [3.63, 3.8) is 0 Å². The van der Waals surface area contributed by atoms with E-state index in [1.807, 2.05) is 20.7 Å². The zero-order valence-corrected chi connectivity index (χ0v) is 21.6. The van der Waals surface area contributed by atoms with Crippen molar-refractivity contribution < 1.29 is 4.79 Å². The van der Waals surface area contributed by atoms with E-state index in [0.29, 0.717) is 35.8 Å². The number of anilines is 1. The molecule has 1 saturated heterocycles. The number of benzene rings is 1. The molecule has 5 rings (SSSR count). The third-order valence-electron chi connectivity index (χ3n) is 6.94. The van der Waals surface area contributed by atoms with Gasteiger partial charge in [-0.3, -0.25) is 18.6 Å². The number of fused-ring (bicyclic) bond motifs is 3. The number of aryl methyl sites for hydroxylation is 2. The van der Waals surface area contributed by atoms with E-state index in [-0.39, 0.29) is 11.5 Å². The third-order valence-corrected chi connectivity index (χ3v) is 7.83. The lowest BCUT2D eigenvalue weighted by molar-refractivity contribution is -0.131. The van der Waals surface area contributed by atoms with Gasteiger partial charge in [0.1, 0.15) is 10.5 Å². The van der Waals surface area contributed by atoms with Crippen molar-refractivity contribution in [1.29, 1.82) is 0 Å². The number of hydrogen-bond donors (Lipinski definition) is 0. The third kappa shape index (κ3) is 4.33. The lowest BCUT2D eigenvalue weighted by atomic mass is 10.1. The van der Waals surface area contributed by atoms with Crippen LogP contribution in [0.1, 0.15) is 37.2 Å². The van der Waals surface area contributed by atoms with Crippen LogP contribution in [-0.4, -0.2) is 56.2 Å². The first-order chi connectivity index (χ1) is 16.8. The highest BCUT2D eigenvalue weighted by atomic mass is 32.1. The smallest absolute Gasteiger partial charge is 0.272 e. The van der Waals surface area contributed by atoms with E-state index in [1.165, 1.54) is 28.2 Å². The molecular formula is C26H32N6O2S. The van der Waals surface area contributed by atoms with Gasteiger partial charge in [-0.05, 0) is 48.4 Å². The monoisotopic (exact) mass is 492 g/mol. The van der Waals surface area contributed by atoms with E-state index in [1.54, 1.807) is 4.57 Å². The molecule has 184 valence electrons. The zero-order chi connectivity index (χ0) is 24.7. The molecule has 0 radical (unpaired) electrons. The summed E-state index contributed by atoms with van der Waals surface area (Å²) >= 11 is 1.44. The van der Waals surface area contributed by atoms with Crippen molar-refractivity contribution in [3.8, 4) is 0 Å². The van der Waals surface area contributed by atoms with E-state index in [2.05, 4.69) is 61.0 Å². The first-order valence-electron chi connectivity index (χ1n) is 12.3. The van der Waals surface area contributed by atoms with Crippen LogP contribution < -0.4 is 10.5 Å². The van der Waals surface area contributed by atoms with Gasteiger partial charge in [-0.15, -0.1) is 21.5 Å². The van der Waals surface area contributed by atoms with Gasteiger partial charge < -0.3 is 9.80 Å². The molecular weight excluding hydrogens is 460 g/mol. The Morgan fingerprint density at radius 1 is 1.09 bits per heavy atom. The van der Waals surface area contributed by atoms with Crippen molar-refractivity contribution in [3.05, 3.63) is 57.0 Å². The van der Waals surface area contributed by atoms with Crippen molar-refractivity contribution in [2.45, 2.75) is 47.1 Å². The van der Waals surface area contributed by atoms with Crippen molar-refractivity contribution in [2.75, 3.05) is 31.1 Å². The average Bonchev–Trinajstić information content (AvgIpc) is 3.49. The van der Waals surface area contributed by atoms with Gasteiger partial charge >= 0.3 is 0 Å². The van der Waals surface area contributed by atoms with Gasteiger partial charge in [0, 0.05) is 51.3 Å². The Labute approximate surface area is 208 Å². The summed E-state index contributed by atoms with van der Waals surface area (Å²) in [7, 11) is 0. The molecule has 1 aliphatic heterocycles. The molecule has 0 aliphatic carbocycles. The van der Waals surface area contributed by atoms with Crippen LogP contribution in [0.3, 0.4) is 0 Å². The summed E-state index contributed by atoms with van der Waals surface area (Å²) in [5.74, 6) is 1.72. The van der Waals surface area contributed by atoms with E-state index < -0.39 is 0 Å². The zero-order valence-electron chi connectivity index (χ0n) is 20.8. The van der Waals surface area contributed by atoms with E-state index in [0.717, 1.165) is 37.5 Å². The predicted octanol–water partition coefficient (Wildman–Crippen LogP) is 3.66. The van der Waals surface area contributed by atoms with E-state index in [9.17, 15) is 9.59 Å². The minimum absolute atomic E-state index is 0.0204. The molecule has 1 aromatic carbocycles. The first kappa shape index (κ1) is 23.5. The molecule has 4 heterocycles. The van der Waals surface area contributed by atoms with Gasteiger partial charge in [0.15, 0.2) is 0 Å². The fourth-order valence-electron chi connectivity index (χ4n) is 4.92. The molecule has 0 spiro atoms. The van der Waals surface area contributed by atoms with Crippen LogP contribution in [0, 0.1) is 19.8 Å². The molecule has 0 bridgehead atoms. The van der Waals surface area contributed by atoms with Gasteiger partial charge in [-0.25, -0.2) is 0 Å². The maximum absolute atomic E-state index is 13.1. The molecule has 0 saturated carbocycles. The van der Waals surface area contributed by atoms with Crippen molar-refractivity contribution >= 4 is 38.9 Å². The largest absolute Gasteiger partial charge is 0.368 e. The Morgan fingerprint density at radius 2 is 1.86 bits per heavy atom. The number of piperazine rings is 1. The first-order valence-corrected chi connectivity index (χ1v) is 13.2. The molecule has 4 aromatic rings. The number of nitrogens with zero attached hydrogens (tertiary/aromatic N) is 6. The van der Waals surface area contributed by atoms with Crippen LogP contribution in [0.25, 0.3) is 16.0 Å².